The minimum absolute atomic E-state index is 0.105. The van der Waals surface area contributed by atoms with Crippen LogP contribution in [-0.4, -0.2) is 23.1 Å². The maximum absolute atomic E-state index is 12.5. The summed E-state index contributed by atoms with van der Waals surface area (Å²) in [4.78, 5) is 25.7. The van der Waals surface area contributed by atoms with Crippen LogP contribution in [0.15, 0.2) is 24.3 Å². The van der Waals surface area contributed by atoms with Crippen molar-refractivity contribution in [1.29, 1.82) is 0 Å². The Morgan fingerprint density at radius 2 is 1.90 bits per heavy atom. The minimum atomic E-state index is -0.117. The highest BCUT2D eigenvalue weighted by Gasteiger charge is 2.35. The summed E-state index contributed by atoms with van der Waals surface area (Å²) in [5.74, 6) is 0.127. The zero-order valence-corrected chi connectivity index (χ0v) is 12.6. The van der Waals surface area contributed by atoms with Gasteiger partial charge in [0.2, 0.25) is 5.91 Å². The van der Waals surface area contributed by atoms with Crippen LogP contribution in [0.25, 0.3) is 0 Å². The van der Waals surface area contributed by atoms with Crippen LogP contribution in [0.3, 0.4) is 0 Å². The second-order valence-electron chi connectivity index (χ2n) is 5.73. The summed E-state index contributed by atoms with van der Waals surface area (Å²) in [7, 11) is 0. The molecule has 2 rings (SSSR count). The Morgan fingerprint density at radius 3 is 2.45 bits per heavy atom. The molecule has 3 heteroatoms. The molecule has 0 aromatic heterocycles. The van der Waals surface area contributed by atoms with Crippen molar-refractivity contribution in [1.82, 2.24) is 4.90 Å². The van der Waals surface area contributed by atoms with Crippen molar-refractivity contribution in [3.63, 3.8) is 0 Å². The summed E-state index contributed by atoms with van der Waals surface area (Å²) in [6.45, 7) is 6.34. The summed E-state index contributed by atoms with van der Waals surface area (Å²) in [5, 5.41) is 0. The molecular formula is C17H23NO2. The molecule has 1 aliphatic rings. The van der Waals surface area contributed by atoms with Crippen LogP contribution in [0.1, 0.15) is 50.3 Å². The van der Waals surface area contributed by atoms with E-state index >= 15 is 0 Å². The molecule has 1 aliphatic heterocycles. The fourth-order valence-corrected chi connectivity index (χ4v) is 3.07. The Hall–Kier alpha value is -1.64. The highest BCUT2D eigenvalue weighted by Crippen LogP contribution is 2.35. The first-order chi connectivity index (χ1) is 9.52. The van der Waals surface area contributed by atoms with Gasteiger partial charge in [-0.1, -0.05) is 29.8 Å². The molecule has 0 spiro atoms. The zero-order chi connectivity index (χ0) is 14.7. The van der Waals surface area contributed by atoms with E-state index in [2.05, 4.69) is 31.2 Å². The molecule has 0 saturated carbocycles. The number of rotatable bonds is 4. The van der Waals surface area contributed by atoms with Gasteiger partial charge in [0.05, 0.1) is 6.04 Å². The van der Waals surface area contributed by atoms with Crippen molar-refractivity contribution in [2.24, 2.45) is 5.92 Å². The van der Waals surface area contributed by atoms with Gasteiger partial charge < -0.3 is 9.69 Å². The molecule has 0 N–H and O–H groups in total. The van der Waals surface area contributed by atoms with Crippen LogP contribution in [-0.2, 0) is 9.59 Å². The molecule has 108 valence electrons. The van der Waals surface area contributed by atoms with Gasteiger partial charge in [0.15, 0.2) is 0 Å². The van der Waals surface area contributed by atoms with E-state index in [1.54, 1.807) is 6.92 Å². The topological polar surface area (TPSA) is 37.4 Å². The predicted molar refractivity (Wildman–Crippen MR) is 79.3 cm³/mol. The van der Waals surface area contributed by atoms with Crippen LogP contribution < -0.4 is 0 Å². The average molecular weight is 273 g/mol. The van der Waals surface area contributed by atoms with Gasteiger partial charge >= 0.3 is 0 Å². The Balaban J connectivity index is 2.18. The Bertz CT molecular complexity index is 492. The summed E-state index contributed by atoms with van der Waals surface area (Å²) in [6, 6.07) is 8.57. The van der Waals surface area contributed by atoms with E-state index in [0.717, 1.165) is 12.8 Å². The van der Waals surface area contributed by atoms with E-state index in [1.165, 1.54) is 11.1 Å². The number of hydrogen-bond donors (Lipinski definition) is 0. The van der Waals surface area contributed by atoms with Crippen LogP contribution >= 0.6 is 0 Å². The number of benzene rings is 1. The van der Waals surface area contributed by atoms with E-state index in [0.29, 0.717) is 13.0 Å². The standard InChI is InChI=1S/C17H23NO2/c1-4-18-16(14-7-5-12(2)6-8-14)10-9-15(17(18)20)11-13(3)19/h5-8,15-16H,4,9-11H2,1-3H3/t15-,16+/m1/s1. The monoisotopic (exact) mass is 273 g/mol. The first-order valence-corrected chi connectivity index (χ1v) is 7.39. The number of nitrogens with zero attached hydrogens (tertiary/aromatic N) is 1. The van der Waals surface area contributed by atoms with Gasteiger partial charge in [-0.05, 0) is 39.2 Å². The van der Waals surface area contributed by atoms with Crippen molar-refractivity contribution in [3.8, 4) is 0 Å². The summed E-state index contributed by atoms with van der Waals surface area (Å²) < 4.78 is 0. The van der Waals surface area contributed by atoms with Crippen molar-refractivity contribution in [2.45, 2.75) is 46.1 Å². The maximum Gasteiger partial charge on any atom is 0.226 e. The van der Waals surface area contributed by atoms with Gasteiger partial charge in [-0.25, -0.2) is 0 Å². The third kappa shape index (κ3) is 3.09. The third-order valence-corrected chi connectivity index (χ3v) is 4.13. The highest BCUT2D eigenvalue weighted by molar-refractivity contribution is 5.86. The van der Waals surface area contributed by atoms with Crippen LogP contribution in [0, 0.1) is 12.8 Å². The number of likely N-dealkylation sites (tertiary alicyclic amines) is 1. The molecule has 1 aromatic rings. The summed E-state index contributed by atoms with van der Waals surface area (Å²) in [5.41, 5.74) is 2.43. The molecule has 1 heterocycles. The number of Topliss-reactive ketones (excluding diaryl/α,β-unsaturated/α-hetero) is 1. The average Bonchev–Trinajstić information content (AvgIpc) is 2.41. The minimum Gasteiger partial charge on any atom is -0.336 e. The largest absolute Gasteiger partial charge is 0.336 e. The molecule has 0 unspecified atom stereocenters. The van der Waals surface area contributed by atoms with Gasteiger partial charge in [0, 0.05) is 18.9 Å². The van der Waals surface area contributed by atoms with Crippen LogP contribution in [0.5, 0.6) is 0 Å². The molecule has 3 nitrogen and oxygen atoms in total. The number of piperidine rings is 1. The Morgan fingerprint density at radius 1 is 1.25 bits per heavy atom. The van der Waals surface area contributed by atoms with Crippen molar-refractivity contribution in [2.75, 3.05) is 6.54 Å². The number of aryl methyl sites for hydroxylation is 1. The molecule has 2 atom stereocenters. The van der Waals surface area contributed by atoms with Gasteiger partial charge in [-0.15, -0.1) is 0 Å². The number of hydrogen-bond acceptors (Lipinski definition) is 2. The maximum atomic E-state index is 12.5. The van der Waals surface area contributed by atoms with Crippen LogP contribution in [0.4, 0.5) is 0 Å². The third-order valence-electron chi connectivity index (χ3n) is 4.13. The number of carbonyl (C=O) groups excluding carboxylic acids is 2. The Kier molecular flexibility index (Phi) is 4.58. The smallest absolute Gasteiger partial charge is 0.226 e. The molecule has 20 heavy (non-hydrogen) atoms. The fraction of sp³-hybridized carbons (Fsp3) is 0.529. The van der Waals surface area contributed by atoms with E-state index < -0.39 is 0 Å². The summed E-state index contributed by atoms with van der Waals surface area (Å²) in [6.07, 6.45) is 2.14. The van der Waals surface area contributed by atoms with Crippen LogP contribution in [0.2, 0.25) is 0 Å². The molecule has 1 aromatic carbocycles. The SMILES string of the molecule is CCN1C(=O)[C@@H](CC(C)=O)CC[C@H]1c1ccc(C)cc1. The summed E-state index contributed by atoms with van der Waals surface area (Å²) >= 11 is 0. The Labute approximate surface area is 121 Å². The molecule has 1 amide bonds. The first kappa shape index (κ1) is 14.8. The highest BCUT2D eigenvalue weighted by atomic mass is 16.2. The molecule has 1 fully saturated rings. The van der Waals surface area contributed by atoms with Gasteiger partial charge in [-0.2, -0.15) is 0 Å². The second kappa shape index (κ2) is 6.21. The quantitative estimate of drug-likeness (QED) is 0.844. The lowest BCUT2D eigenvalue weighted by molar-refractivity contribution is -0.143. The van der Waals surface area contributed by atoms with E-state index in [9.17, 15) is 9.59 Å². The lowest BCUT2D eigenvalue weighted by Crippen LogP contribution is -2.43. The normalized spacial score (nSPS) is 22.9. The number of amides is 1. The lowest BCUT2D eigenvalue weighted by Gasteiger charge is -2.39. The van der Waals surface area contributed by atoms with Gasteiger partial charge in [0.25, 0.3) is 0 Å². The number of carbonyl (C=O) groups is 2. The van der Waals surface area contributed by atoms with E-state index in [4.69, 9.17) is 0 Å². The van der Waals surface area contributed by atoms with Gasteiger partial charge in [0.1, 0.15) is 5.78 Å². The van der Waals surface area contributed by atoms with E-state index in [1.807, 2.05) is 11.8 Å². The molecule has 0 bridgehead atoms. The fourth-order valence-electron chi connectivity index (χ4n) is 3.07. The molecule has 1 saturated heterocycles. The second-order valence-corrected chi connectivity index (χ2v) is 5.73. The van der Waals surface area contributed by atoms with Crippen molar-refractivity contribution >= 4 is 11.7 Å². The van der Waals surface area contributed by atoms with Gasteiger partial charge in [-0.3, -0.25) is 4.79 Å². The first-order valence-electron chi connectivity index (χ1n) is 7.39. The van der Waals surface area contributed by atoms with Crippen molar-refractivity contribution < 1.29 is 9.59 Å². The lowest BCUT2D eigenvalue weighted by atomic mass is 9.85. The van der Waals surface area contributed by atoms with E-state index in [-0.39, 0.29) is 23.7 Å². The molecule has 0 radical (unpaired) electrons. The number of ketones is 1. The van der Waals surface area contributed by atoms with Crippen molar-refractivity contribution in [3.05, 3.63) is 35.4 Å². The predicted octanol–water partition coefficient (Wildman–Crippen LogP) is 3.27. The molecular weight excluding hydrogens is 250 g/mol. The zero-order valence-electron chi connectivity index (χ0n) is 12.6. The molecule has 0 aliphatic carbocycles.